The van der Waals surface area contributed by atoms with Crippen LogP contribution in [-0.4, -0.2) is 26.7 Å². The standard InChI is InChI=1S/C15H23N3O2/c1-10-6-7-18-12(8-10)14(15(19)20)17-13(18)9-16-11-4-2-3-5-11/h10-11,16H,2-9H2,1H3,(H,19,20). The number of imidazole rings is 1. The third-order valence-electron chi connectivity index (χ3n) is 4.65. The summed E-state index contributed by atoms with van der Waals surface area (Å²) in [4.78, 5) is 15.7. The topological polar surface area (TPSA) is 67.2 Å². The second kappa shape index (κ2) is 5.56. The van der Waals surface area contributed by atoms with Crippen molar-refractivity contribution in [1.82, 2.24) is 14.9 Å². The van der Waals surface area contributed by atoms with Crippen LogP contribution in [0.4, 0.5) is 0 Å². The molecule has 2 aliphatic rings. The highest BCUT2D eigenvalue weighted by atomic mass is 16.4. The molecule has 1 saturated carbocycles. The third-order valence-corrected chi connectivity index (χ3v) is 4.65. The lowest BCUT2D eigenvalue weighted by atomic mass is 9.97. The highest BCUT2D eigenvalue weighted by Gasteiger charge is 2.27. The van der Waals surface area contributed by atoms with Gasteiger partial charge >= 0.3 is 5.97 Å². The molecular weight excluding hydrogens is 254 g/mol. The molecule has 20 heavy (non-hydrogen) atoms. The van der Waals surface area contributed by atoms with Crippen molar-refractivity contribution in [1.29, 1.82) is 0 Å². The zero-order valence-electron chi connectivity index (χ0n) is 12.1. The molecule has 110 valence electrons. The number of aromatic nitrogens is 2. The summed E-state index contributed by atoms with van der Waals surface area (Å²) in [6.45, 7) is 3.77. The summed E-state index contributed by atoms with van der Waals surface area (Å²) in [5.41, 5.74) is 1.18. The van der Waals surface area contributed by atoms with Crippen LogP contribution in [0.5, 0.6) is 0 Å². The van der Waals surface area contributed by atoms with E-state index >= 15 is 0 Å². The fourth-order valence-electron chi connectivity index (χ4n) is 3.46. The van der Waals surface area contributed by atoms with Crippen LogP contribution in [0.15, 0.2) is 0 Å². The average molecular weight is 277 g/mol. The van der Waals surface area contributed by atoms with Crippen molar-refractivity contribution >= 4 is 5.97 Å². The maximum atomic E-state index is 11.4. The van der Waals surface area contributed by atoms with Crippen molar-refractivity contribution in [3.8, 4) is 0 Å². The van der Waals surface area contributed by atoms with Gasteiger partial charge in [-0.2, -0.15) is 0 Å². The number of aromatic carboxylic acids is 1. The molecule has 1 aliphatic heterocycles. The molecule has 2 heterocycles. The number of carboxylic acids is 1. The first-order valence-corrected chi connectivity index (χ1v) is 7.70. The van der Waals surface area contributed by atoms with Gasteiger partial charge in [-0.05, 0) is 31.6 Å². The molecule has 1 unspecified atom stereocenters. The maximum absolute atomic E-state index is 11.4. The highest BCUT2D eigenvalue weighted by molar-refractivity contribution is 5.87. The van der Waals surface area contributed by atoms with Gasteiger partial charge in [0, 0.05) is 12.6 Å². The lowest BCUT2D eigenvalue weighted by Crippen LogP contribution is -2.28. The number of fused-ring (bicyclic) bond motifs is 1. The van der Waals surface area contributed by atoms with E-state index in [2.05, 4.69) is 21.8 Å². The molecule has 0 radical (unpaired) electrons. The smallest absolute Gasteiger partial charge is 0.356 e. The van der Waals surface area contributed by atoms with Crippen LogP contribution in [0.1, 0.15) is 61.0 Å². The van der Waals surface area contributed by atoms with Gasteiger partial charge in [-0.3, -0.25) is 0 Å². The molecule has 0 aromatic carbocycles. The van der Waals surface area contributed by atoms with Gasteiger partial charge in [-0.25, -0.2) is 9.78 Å². The third kappa shape index (κ3) is 2.59. The number of nitrogens with zero attached hydrogens (tertiary/aromatic N) is 2. The predicted molar refractivity (Wildman–Crippen MR) is 75.8 cm³/mol. The fraction of sp³-hybridized carbons (Fsp3) is 0.733. The summed E-state index contributed by atoms with van der Waals surface area (Å²) < 4.78 is 2.13. The van der Waals surface area contributed by atoms with Crippen molar-refractivity contribution in [2.24, 2.45) is 5.92 Å². The van der Waals surface area contributed by atoms with E-state index in [1.165, 1.54) is 25.7 Å². The van der Waals surface area contributed by atoms with E-state index in [-0.39, 0.29) is 5.69 Å². The first-order valence-electron chi connectivity index (χ1n) is 7.70. The van der Waals surface area contributed by atoms with Gasteiger partial charge in [-0.15, -0.1) is 0 Å². The van der Waals surface area contributed by atoms with Crippen molar-refractivity contribution < 1.29 is 9.90 Å². The van der Waals surface area contributed by atoms with Gasteiger partial charge in [-0.1, -0.05) is 19.8 Å². The van der Waals surface area contributed by atoms with Gasteiger partial charge in [0.1, 0.15) is 5.82 Å². The van der Waals surface area contributed by atoms with Crippen LogP contribution in [0, 0.1) is 5.92 Å². The first kappa shape index (κ1) is 13.6. The number of nitrogens with one attached hydrogen (secondary N) is 1. The summed E-state index contributed by atoms with van der Waals surface area (Å²) >= 11 is 0. The van der Waals surface area contributed by atoms with Crippen molar-refractivity contribution in [2.45, 2.75) is 64.6 Å². The lowest BCUT2D eigenvalue weighted by molar-refractivity contribution is 0.0689. The van der Waals surface area contributed by atoms with Gasteiger partial charge in [0.2, 0.25) is 0 Å². The van der Waals surface area contributed by atoms with Crippen LogP contribution in [0.25, 0.3) is 0 Å². The molecule has 0 saturated heterocycles. The molecule has 1 aliphatic carbocycles. The van der Waals surface area contributed by atoms with Crippen LogP contribution in [0.3, 0.4) is 0 Å². The molecule has 5 nitrogen and oxygen atoms in total. The summed E-state index contributed by atoms with van der Waals surface area (Å²) in [7, 11) is 0. The maximum Gasteiger partial charge on any atom is 0.356 e. The minimum absolute atomic E-state index is 0.264. The Balaban J connectivity index is 1.79. The molecular formula is C15H23N3O2. The molecule has 1 fully saturated rings. The van der Waals surface area contributed by atoms with Crippen LogP contribution in [0.2, 0.25) is 0 Å². The van der Waals surface area contributed by atoms with E-state index in [4.69, 9.17) is 0 Å². The summed E-state index contributed by atoms with van der Waals surface area (Å²) in [5, 5.41) is 12.9. The molecule has 0 spiro atoms. The Morgan fingerprint density at radius 1 is 1.40 bits per heavy atom. The fourth-order valence-corrected chi connectivity index (χ4v) is 3.46. The second-order valence-corrected chi connectivity index (χ2v) is 6.24. The Morgan fingerprint density at radius 2 is 2.15 bits per heavy atom. The Bertz CT molecular complexity index is 503. The molecule has 1 atom stereocenters. The molecule has 0 bridgehead atoms. The molecule has 3 rings (SSSR count). The number of carboxylic acid groups (broad SMARTS) is 1. The SMILES string of the molecule is CC1CCn2c(CNC3CCCC3)nc(C(=O)O)c2C1. The minimum Gasteiger partial charge on any atom is -0.476 e. The monoisotopic (exact) mass is 277 g/mol. The van der Waals surface area contributed by atoms with Gasteiger partial charge < -0.3 is 15.0 Å². The Kier molecular flexibility index (Phi) is 3.78. The number of rotatable bonds is 4. The van der Waals surface area contributed by atoms with Crippen LogP contribution < -0.4 is 5.32 Å². The molecule has 1 aromatic heterocycles. The summed E-state index contributed by atoms with van der Waals surface area (Å²) in [5.74, 6) is 0.555. The van der Waals surface area contributed by atoms with Crippen molar-refractivity contribution in [3.05, 3.63) is 17.2 Å². The zero-order valence-corrected chi connectivity index (χ0v) is 12.1. The second-order valence-electron chi connectivity index (χ2n) is 6.24. The molecule has 0 amide bonds. The highest BCUT2D eigenvalue weighted by Crippen LogP contribution is 2.25. The quantitative estimate of drug-likeness (QED) is 0.885. The van der Waals surface area contributed by atoms with Crippen LogP contribution >= 0.6 is 0 Å². The summed E-state index contributed by atoms with van der Waals surface area (Å²) in [6, 6.07) is 0.582. The first-order chi connectivity index (χ1) is 9.65. The van der Waals surface area contributed by atoms with Gasteiger partial charge in [0.05, 0.1) is 12.2 Å². The molecule has 2 N–H and O–H groups in total. The van der Waals surface area contributed by atoms with E-state index in [9.17, 15) is 9.90 Å². The number of hydrogen-bond acceptors (Lipinski definition) is 3. The van der Waals surface area contributed by atoms with E-state index in [0.717, 1.165) is 30.9 Å². The minimum atomic E-state index is -0.894. The number of carbonyl (C=O) groups is 1. The molecule has 5 heteroatoms. The largest absolute Gasteiger partial charge is 0.476 e. The van der Waals surface area contributed by atoms with Crippen molar-refractivity contribution in [2.75, 3.05) is 0 Å². The van der Waals surface area contributed by atoms with E-state index in [0.29, 0.717) is 18.5 Å². The van der Waals surface area contributed by atoms with Crippen molar-refractivity contribution in [3.63, 3.8) is 0 Å². The van der Waals surface area contributed by atoms with E-state index in [1.807, 2.05) is 0 Å². The van der Waals surface area contributed by atoms with E-state index < -0.39 is 5.97 Å². The lowest BCUT2D eigenvalue weighted by Gasteiger charge is -2.22. The van der Waals surface area contributed by atoms with E-state index in [1.54, 1.807) is 0 Å². The molecule has 1 aromatic rings. The summed E-state index contributed by atoms with van der Waals surface area (Å²) in [6.07, 6.45) is 7.01. The van der Waals surface area contributed by atoms with Gasteiger partial charge in [0.15, 0.2) is 5.69 Å². The Hall–Kier alpha value is -1.36. The Labute approximate surface area is 119 Å². The normalized spacial score (nSPS) is 22.9. The predicted octanol–water partition coefficient (Wildman–Crippen LogP) is 2.20. The number of hydrogen-bond donors (Lipinski definition) is 2. The Morgan fingerprint density at radius 3 is 2.85 bits per heavy atom. The average Bonchev–Trinajstić information content (AvgIpc) is 3.02. The van der Waals surface area contributed by atoms with Crippen LogP contribution in [-0.2, 0) is 19.5 Å². The van der Waals surface area contributed by atoms with Gasteiger partial charge in [0.25, 0.3) is 0 Å². The zero-order chi connectivity index (χ0) is 14.1.